The van der Waals surface area contributed by atoms with Crippen LogP contribution in [0.3, 0.4) is 0 Å². The van der Waals surface area contributed by atoms with E-state index in [9.17, 15) is 14.7 Å². The Balaban J connectivity index is 0.000000170. The number of aromatic amines is 2. The fraction of sp³-hybridized carbons (Fsp3) is 0.393. The number of halogens is 1. The Morgan fingerprint density at radius 2 is 1.07 bits per heavy atom. The first-order chi connectivity index (χ1) is 33.3. The number of piperidine rings is 2. The number of likely N-dealkylation sites (tertiary alicyclic amines) is 1. The number of carbonyl (C=O) groups is 2. The second kappa shape index (κ2) is 22.9. The van der Waals surface area contributed by atoms with Crippen molar-refractivity contribution in [2.45, 2.75) is 117 Å². The molecule has 4 aliphatic rings. The van der Waals surface area contributed by atoms with Crippen molar-refractivity contribution in [1.29, 1.82) is 10.5 Å². The van der Waals surface area contributed by atoms with Crippen molar-refractivity contribution in [2.75, 3.05) is 26.2 Å². The second-order valence-corrected chi connectivity index (χ2v) is 19.0. The molecular weight excluding hydrogens is 900 g/mol. The SMILES string of the molecule is Cc1cc(C)c(-c2nc3c([nH]2)COC(C)C3)cc1C(=O)N1CCC(c2ccc(C#N)cc2)CC1.Cc1cc(C)c(-c2nc3c([nH]2)COC(C)C3)cc1C(=O)O.Cl.N#Cc1ccc(C2CCNCC2)cc1. The number of amides is 1. The number of aryl methyl sites for hydroxylation is 4. The lowest BCUT2D eigenvalue weighted by Crippen LogP contribution is -2.38. The molecule has 13 nitrogen and oxygen atoms in total. The highest BCUT2D eigenvalue weighted by molar-refractivity contribution is 5.97. The molecule has 14 heteroatoms. The molecule has 0 saturated carbocycles. The first kappa shape index (κ1) is 51.2. The van der Waals surface area contributed by atoms with Gasteiger partial charge in [0.25, 0.3) is 5.91 Å². The molecule has 0 spiro atoms. The maximum atomic E-state index is 13.5. The lowest BCUT2D eigenvalue weighted by Gasteiger charge is -2.32. The molecule has 6 aromatic rings. The number of aromatic carboxylic acids is 1. The standard InChI is InChI=1S/C28H30N4O2.C16H18N2O3.C12H14N2.ClH/c1-17-12-18(2)24(14-23(17)27-30-25-13-19(3)34-16-26(25)31-27)28(33)32-10-8-22(9-11-32)21-6-4-20(15-29)5-7-21;1-8-4-9(2)12(16(19)20)6-11(8)15-17-13-5-10(3)21-7-14(13)18-15;13-9-10-1-3-11(4-2-10)12-5-7-14-8-6-12;/h4-7,12,14,19,22H,8-11,13,16H2,1-3H3,(H,30,31);4,6,10H,5,7H2,1-3H3,(H,17,18)(H,19,20);1-4,12,14H,5-8H2;1H. The van der Waals surface area contributed by atoms with E-state index in [1.807, 2.05) is 81.1 Å². The molecule has 4 aliphatic heterocycles. The Morgan fingerprint density at radius 1 is 0.643 bits per heavy atom. The third kappa shape index (κ3) is 11.9. The van der Waals surface area contributed by atoms with Gasteiger partial charge < -0.3 is 34.8 Å². The highest BCUT2D eigenvalue weighted by Crippen LogP contribution is 2.33. The quantitative estimate of drug-likeness (QED) is 0.125. The van der Waals surface area contributed by atoms with E-state index in [1.165, 1.54) is 24.0 Å². The van der Waals surface area contributed by atoms with Gasteiger partial charge in [0.2, 0.25) is 0 Å². The summed E-state index contributed by atoms with van der Waals surface area (Å²) < 4.78 is 11.3. The number of carboxylic acid groups (broad SMARTS) is 1. The number of carbonyl (C=O) groups excluding carboxylic acids is 1. The number of H-pyrrole nitrogens is 2. The van der Waals surface area contributed by atoms with Gasteiger partial charge in [-0.1, -0.05) is 36.4 Å². The molecule has 6 heterocycles. The van der Waals surface area contributed by atoms with Crippen molar-refractivity contribution in [3.8, 4) is 34.9 Å². The number of fused-ring (bicyclic) bond motifs is 2. The molecule has 0 aliphatic carbocycles. The molecule has 4 N–H and O–H groups in total. The number of hydrogen-bond acceptors (Lipinski definition) is 9. The number of nitriles is 2. The topological polar surface area (TPSA) is 193 Å². The molecule has 10 rings (SSSR count). The van der Waals surface area contributed by atoms with Crippen molar-refractivity contribution in [2.24, 2.45) is 0 Å². The Bertz CT molecular complexity index is 2900. The Hall–Kier alpha value is -6.61. The van der Waals surface area contributed by atoms with Crippen LogP contribution in [0.4, 0.5) is 0 Å². The van der Waals surface area contributed by atoms with Gasteiger partial charge in [-0.15, -0.1) is 12.4 Å². The average molecular weight is 964 g/mol. The van der Waals surface area contributed by atoms with Crippen LogP contribution in [0, 0.1) is 50.4 Å². The summed E-state index contributed by atoms with van der Waals surface area (Å²) in [6, 6.07) is 27.9. The van der Waals surface area contributed by atoms with E-state index in [0.29, 0.717) is 36.2 Å². The third-order valence-corrected chi connectivity index (χ3v) is 14.0. The fourth-order valence-electron chi connectivity index (χ4n) is 9.91. The van der Waals surface area contributed by atoms with Crippen LogP contribution in [0.1, 0.15) is 139 Å². The van der Waals surface area contributed by atoms with Crippen LogP contribution in [0.25, 0.3) is 22.8 Å². The Kier molecular flexibility index (Phi) is 16.7. The molecule has 364 valence electrons. The molecule has 2 aromatic heterocycles. The van der Waals surface area contributed by atoms with Gasteiger partial charge in [0.05, 0.1) is 77.0 Å². The summed E-state index contributed by atoms with van der Waals surface area (Å²) in [6.45, 7) is 16.7. The third-order valence-electron chi connectivity index (χ3n) is 14.0. The van der Waals surface area contributed by atoms with Gasteiger partial charge in [-0.2, -0.15) is 10.5 Å². The summed E-state index contributed by atoms with van der Waals surface area (Å²) in [5.74, 6) is 1.81. The van der Waals surface area contributed by atoms with E-state index in [2.05, 4.69) is 64.5 Å². The zero-order valence-electron chi connectivity index (χ0n) is 40.9. The number of carboxylic acids is 1. The minimum atomic E-state index is -0.915. The molecule has 2 fully saturated rings. The molecule has 2 atom stereocenters. The van der Waals surface area contributed by atoms with Crippen LogP contribution in [-0.2, 0) is 35.5 Å². The van der Waals surface area contributed by atoms with E-state index in [-0.39, 0.29) is 30.5 Å². The maximum absolute atomic E-state index is 13.5. The molecule has 0 radical (unpaired) electrons. The number of aromatic nitrogens is 4. The van der Waals surface area contributed by atoms with Crippen LogP contribution in [0.5, 0.6) is 0 Å². The maximum Gasteiger partial charge on any atom is 0.335 e. The van der Waals surface area contributed by atoms with Crippen molar-refractivity contribution >= 4 is 24.3 Å². The monoisotopic (exact) mass is 962 g/mol. The minimum Gasteiger partial charge on any atom is -0.478 e. The molecule has 2 saturated heterocycles. The van der Waals surface area contributed by atoms with E-state index < -0.39 is 5.97 Å². The summed E-state index contributed by atoms with van der Waals surface area (Å²) in [5.41, 5.74) is 14.9. The number of imidazole rings is 2. The molecule has 2 unspecified atom stereocenters. The average Bonchev–Trinajstić information content (AvgIpc) is 3.98. The highest BCUT2D eigenvalue weighted by atomic mass is 35.5. The van der Waals surface area contributed by atoms with Gasteiger partial charge in [-0.3, -0.25) is 4.79 Å². The number of hydrogen-bond donors (Lipinski definition) is 4. The van der Waals surface area contributed by atoms with Crippen molar-refractivity contribution in [3.05, 3.63) is 151 Å². The van der Waals surface area contributed by atoms with Gasteiger partial charge in [-0.05, 0) is 162 Å². The Labute approximate surface area is 417 Å². The lowest BCUT2D eigenvalue weighted by molar-refractivity contribution is 0.0381. The summed E-state index contributed by atoms with van der Waals surface area (Å²) in [7, 11) is 0. The summed E-state index contributed by atoms with van der Waals surface area (Å²) in [4.78, 5) is 43.0. The summed E-state index contributed by atoms with van der Waals surface area (Å²) in [6.07, 6.45) is 6.21. The van der Waals surface area contributed by atoms with E-state index in [0.717, 1.165) is 131 Å². The van der Waals surface area contributed by atoms with E-state index in [4.69, 9.17) is 25.0 Å². The van der Waals surface area contributed by atoms with Crippen molar-refractivity contribution < 1.29 is 24.2 Å². The molecule has 0 bridgehead atoms. The number of nitrogens with zero attached hydrogens (tertiary/aromatic N) is 5. The smallest absolute Gasteiger partial charge is 0.335 e. The largest absolute Gasteiger partial charge is 0.478 e. The van der Waals surface area contributed by atoms with Crippen LogP contribution >= 0.6 is 12.4 Å². The minimum absolute atomic E-state index is 0. The van der Waals surface area contributed by atoms with E-state index in [1.54, 1.807) is 6.07 Å². The second-order valence-electron chi connectivity index (χ2n) is 19.0. The van der Waals surface area contributed by atoms with Crippen LogP contribution in [0.15, 0.2) is 72.8 Å². The number of rotatable bonds is 6. The van der Waals surface area contributed by atoms with Crippen molar-refractivity contribution in [1.82, 2.24) is 30.2 Å². The number of ether oxygens (including phenoxy) is 2. The summed E-state index contributed by atoms with van der Waals surface area (Å²) in [5, 5.41) is 30.3. The van der Waals surface area contributed by atoms with Crippen LogP contribution in [0.2, 0.25) is 0 Å². The van der Waals surface area contributed by atoms with Crippen LogP contribution < -0.4 is 5.32 Å². The first-order valence-electron chi connectivity index (χ1n) is 24.1. The van der Waals surface area contributed by atoms with Crippen molar-refractivity contribution in [3.63, 3.8) is 0 Å². The molecular formula is C56H63ClN8O5. The van der Waals surface area contributed by atoms with Gasteiger partial charge in [0, 0.05) is 42.6 Å². The fourth-order valence-corrected chi connectivity index (χ4v) is 9.91. The summed E-state index contributed by atoms with van der Waals surface area (Å²) >= 11 is 0. The number of benzene rings is 4. The molecule has 4 aromatic carbocycles. The lowest BCUT2D eigenvalue weighted by atomic mass is 9.88. The van der Waals surface area contributed by atoms with Crippen LogP contribution in [-0.4, -0.2) is 80.2 Å². The predicted molar refractivity (Wildman–Crippen MR) is 272 cm³/mol. The first-order valence-corrected chi connectivity index (χ1v) is 24.1. The normalized spacial score (nSPS) is 17.7. The van der Waals surface area contributed by atoms with Gasteiger partial charge in [-0.25, -0.2) is 14.8 Å². The zero-order chi connectivity index (χ0) is 48.8. The van der Waals surface area contributed by atoms with Gasteiger partial charge in [0.1, 0.15) is 11.6 Å². The zero-order valence-corrected chi connectivity index (χ0v) is 41.8. The van der Waals surface area contributed by atoms with Gasteiger partial charge >= 0.3 is 5.97 Å². The Morgan fingerprint density at radius 3 is 1.51 bits per heavy atom. The highest BCUT2D eigenvalue weighted by Gasteiger charge is 2.28. The van der Waals surface area contributed by atoms with E-state index >= 15 is 0 Å². The predicted octanol–water partition coefficient (Wildman–Crippen LogP) is 10.3. The van der Waals surface area contributed by atoms with Gasteiger partial charge in [0.15, 0.2) is 0 Å². The number of nitrogens with one attached hydrogen (secondary N) is 3. The molecule has 70 heavy (non-hydrogen) atoms. The molecule has 1 amide bonds.